The minimum Gasteiger partial charge on any atom is -0.373 e. The molecule has 0 amide bonds. The van der Waals surface area contributed by atoms with Crippen molar-refractivity contribution in [1.29, 1.82) is 0 Å². The van der Waals surface area contributed by atoms with Crippen molar-refractivity contribution in [3.05, 3.63) is 40.0 Å². The Morgan fingerprint density at radius 1 is 1.14 bits per heavy atom. The van der Waals surface area contributed by atoms with E-state index in [1.54, 1.807) is 0 Å². The van der Waals surface area contributed by atoms with Crippen LogP contribution in [-0.2, 0) is 0 Å². The summed E-state index contributed by atoms with van der Waals surface area (Å²) in [6.45, 7) is 2.09. The minimum absolute atomic E-state index is 0.586. The summed E-state index contributed by atoms with van der Waals surface area (Å²) < 4.78 is 1.05. The van der Waals surface area contributed by atoms with Crippen molar-refractivity contribution in [1.82, 2.24) is 9.97 Å². The fourth-order valence-electron chi connectivity index (χ4n) is 2.95. The molecule has 1 saturated carbocycles. The maximum atomic E-state index is 4.84. The van der Waals surface area contributed by atoms with Crippen molar-refractivity contribution < 1.29 is 0 Å². The van der Waals surface area contributed by atoms with Gasteiger partial charge in [-0.3, -0.25) is 0 Å². The number of hydrogen-bond acceptors (Lipinski definition) is 3. The van der Waals surface area contributed by atoms with Gasteiger partial charge in [0.25, 0.3) is 0 Å². The maximum Gasteiger partial charge on any atom is 0.162 e. The zero-order chi connectivity index (χ0) is 14.8. The Labute approximate surface area is 134 Å². The van der Waals surface area contributed by atoms with E-state index in [9.17, 15) is 0 Å². The second kappa shape index (κ2) is 6.14. The van der Waals surface area contributed by atoms with Crippen LogP contribution in [0.1, 0.15) is 42.9 Å². The number of anilines is 1. The van der Waals surface area contributed by atoms with Gasteiger partial charge in [-0.2, -0.15) is 0 Å². The minimum atomic E-state index is 0.586. The first kappa shape index (κ1) is 14.5. The van der Waals surface area contributed by atoms with E-state index in [1.807, 2.05) is 7.05 Å². The molecule has 0 bridgehead atoms. The Morgan fingerprint density at radius 2 is 1.90 bits per heavy atom. The molecule has 1 heterocycles. The topological polar surface area (TPSA) is 37.8 Å². The molecule has 3 nitrogen and oxygen atoms in total. The number of rotatable bonds is 3. The van der Waals surface area contributed by atoms with Gasteiger partial charge in [0.1, 0.15) is 5.82 Å². The van der Waals surface area contributed by atoms with Gasteiger partial charge in [0.05, 0.1) is 0 Å². The monoisotopic (exact) mass is 345 g/mol. The average molecular weight is 346 g/mol. The zero-order valence-corrected chi connectivity index (χ0v) is 14.1. The largest absolute Gasteiger partial charge is 0.373 e. The summed E-state index contributed by atoms with van der Waals surface area (Å²) >= 11 is 3.64. The third-order valence-corrected chi connectivity index (χ3v) is 4.80. The molecule has 21 heavy (non-hydrogen) atoms. The van der Waals surface area contributed by atoms with Crippen LogP contribution in [0.15, 0.2) is 28.7 Å². The van der Waals surface area contributed by atoms with E-state index >= 15 is 0 Å². The van der Waals surface area contributed by atoms with Crippen LogP contribution in [0.5, 0.6) is 0 Å². The van der Waals surface area contributed by atoms with E-state index in [0.29, 0.717) is 5.92 Å². The van der Waals surface area contributed by atoms with Gasteiger partial charge in [0.15, 0.2) is 5.82 Å². The summed E-state index contributed by atoms with van der Waals surface area (Å²) in [6.07, 6.45) is 5.11. The lowest BCUT2D eigenvalue weighted by Crippen LogP contribution is -2.04. The fraction of sp³-hybridized carbons (Fsp3) is 0.412. The summed E-state index contributed by atoms with van der Waals surface area (Å²) in [5, 5.41) is 3.17. The van der Waals surface area contributed by atoms with Gasteiger partial charge >= 0.3 is 0 Å². The quantitative estimate of drug-likeness (QED) is 0.858. The molecule has 1 N–H and O–H groups in total. The van der Waals surface area contributed by atoms with E-state index < -0.39 is 0 Å². The SMILES string of the molecule is CNc1cc(C2CCCC2)nc(-c2ccc(C)cc2Br)n1. The van der Waals surface area contributed by atoms with Crippen molar-refractivity contribution >= 4 is 21.7 Å². The molecular weight excluding hydrogens is 326 g/mol. The van der Waals surface area contributed by atoms with Crippen LogP contribution >= 0.6 is 15.9 Å². The Morgan fingerprint density at radius 3 is 2.57 bits per heavy atom. The fourth-order valence-corrected chi connectivity index (χ4v) is 3.62. The van der Waals surface area contributed by atoms with Crippen molar-refractivity contribution in [3.8, 4) is 11.4 Å². The molecule has 2 aromatic rings. The summed E-state index contributed by atoms with van der Waals surface area (Å²) in [5.41, 5.74) is 3.46. The molecule has 110 valence electrons. The highest BCUT2D eigenvalue weighted by Crippen LogP contribution is 2.35. The van der Waals surface area contributed by atoms with Gasteiger partial charge in [-0.1, -0.05) is 34.8 Å². The third-order valence-electron chi connectivity index (χ3n) is 4.14. The van der Waals surface area contributed by atoms with E-state index in [1.165, 1.54) is 36.9 Å². The predicted molar refractivity (Wildman–Crippen MR) is 90.7 cm³/mol. The van der Waals surface area contributed by atoms with Crippen molar-refractivity contribution in [2.45, 2.75) is 38.5 Å². The Hall–Kier alpha value is -1.42. The second-order valence-corrected chi connectivity index (χ2v) is 6.57. The van der Waals surface area contributed by atoms with E-state index in [4.69, 9.17) is 4.98 Å². The summed E-state index contributed by atoms with van der Waals surface area (Å²) in [6, 6.07) is 8.40. The summed E-state index contributed by atoms with van der Waals surface area (Å²) in [7, 11) is 1.91. The normalized spacial score (nSPS) is 15.4. The lowest BCUT2D eigenvalue weighted by Gasteiger charge is -2.13. The summed E-state index contributed by atoms with van der Waals surface area (Å²) in [5.74, 6) is 2.29. The molecule has 3 rings (SSSR count). The molecule has 1 aliphatic carbocycles. The number of nitrogens with zero attached hydrogens (tertiary/aromatic N) is 2. The highest BCUT2D eigenvalue weighted by Gasteiger charge is 2.20. The third kappa shape index (κ3) is 3.10. The lowest BCUT2D eigenvalue weighted by molar-refractivity contribution is 0.696. The number of hydrogen-bond donors (Lipinski definition) is 1. The van der Waals surface area contributed by atoms with Gasteiger partial charge < -0.3 is 5.32 Å². The number of nitrogens with one attached hydrogen (secondary N) is 1. The molecule has 0 unspecified atom stereocenters. The number of benzene rings is 1. The van der Waals surface area contributed by atoms with Crippen LogP contribution in [0.25, 0.3) is 11.4 Å². The van der Waals surface area contributed by atoms with Crippen molar-refractivity contribution in [3.63, 3.8) is 0 Å². The van der Waals surface area contributed by atoms with Gasteiger partial charge in [0.2, 0.25) is 0 Å². The standard InChI is InChI=1S/C17H20BrN3/c1-11-7-8-13(14(18)9-11)17-20-15(10-16(19-2)21-17)12-5-3-4-6-12/h7-10,12H,3-6H2,1-2H3,(H,19,20,21). The smallest absolute Gasteiger partial charge is 0.162 e. The van der Waals surface area contributed by atoms with Crippen molar-refractivity contribution in [2.75, 3.05) is 12.4 Å². The molecule has 0 aliphatic heterocycles. The number of aromatic nitrogens is 2. The Kier molecular flexibility index (Phi) is 4.24. The van der Waals surface area contributed by atoms with Crippen LogP contribution in [0.3, 0.4) is 0 Å². The van der Waals surface area contributed by atoms with Crippen molar-refractivity contribution in [2.24, 2.45) is 0 Å². The Bertz CT molecular complexity index is 648. The van der Waals surface area contributed by atoms with Gasteiger partial charge in [-0.05, 0) is 37.5 Å². The Balaban J connectivity index is 2.06. The first-order chi connectivity index (χ1) is 10.2. The molecule has 0 spiro atoms. The molecular formula is C17H20BrN3. The zero-order valence-electron chi connectivity index (χ0n) is 12.5. The average Bonchev–Trinajstić information content (AvgIpc) is 3.01. The molecule has 4 heteroatoms. The van der Waals surface area contributed by atoms with Crippen LogP contribution < -0.4 is 5.32 Å². The second-order valence-electron chi connectivity index (χ2n) is 5.72. The molecule has 0 radical (unpaired) electrons. The van der Waals surface area contributed by atoms with Crippen LogP contribution in [-0.4, -0.2) is 17.0 Å². The first-order valence-corrected chi connectivity index (χ1v) is 8.30. The van der Waals surface area contributed by atoms with Crippen LogP contribution in [0.4, 0.5) is 5.82 Å². The molecule has 1 aromatic carbocycles. The molecule has 1 aliphatic rings. The van der Waals surface area contributed by atoms with Crippen LogP contribution in [0.2, 0.25) is 0 Å². The molecule has 1 fully saturated rings. The molecule has 1 aromatic heterocycles. The highest BCUT2D eigenvalue weighted by atomic mass is 79.9. The van der Waals surface area contributed by atoms with Gasteiger partial charge in [-0.15, -0.1) is 0 Å². The lowest BCUT2D eigenvalue weighted by atomic mass is 10.0. The predicted octanol–water partition coefficient (Wildman–Crippen LogP) is 4.91. The number of halogens is 1. The van der Waals surface area contributed by atoms with E-state index in [2.05, 4.69) is 57.4 Å². The van der Waals surface area contributed by atoms with E-state index in [0.717, 1.165) is 21.7 Å². The summed E-state index contributed by atoms with van der Waals surface area (Å²) in [4.78, 5) is 9.47. The molecule has 0 saturated heterocycles. The number of aryl methyl sites for hydroxylation is 1. The maximum absolute atomic E-state index is 4.84. The highest BCUT2D eigenvalue weighted by molar-refractivity contribution is 9.10. The first-order valence-electron chi connectivity index (χ1n) is 7.50. The van der Waals surface area contributed by atoms with Gasteiger partial charge in [0, 0.05) is 34.8 Å². The molecule has 0 atom stereocenters. The van der Waals surface area contributed by atoms with Crippen LogP contribution in [0, 0.1) is 6.92 Å². The van der Waals surface area contributed by atoms with E-state index in [-0.39, 0.29) is 0 Å². The van der Waals surface area contributed by atoms with Gasteiger partial charge in [-0.25, -0.2) is 9.97 Å².